The summed E-state index contributed by atoms with van der Waals surface area (Å²) in [5.41, 5.74) is 0.930. The predicted octanol–water partition coefficient (Wildman–Crippen LogP) is 1.78. The minimum absolute atomic E-state index is 0.609. The van der Waals surface area contributed by atoms with Gasteiger partial charge in [0.1, 0.15) is 17.8 Å². The maximum absolute atomic E-state index is 4.52. The van der Waals surface area contributed by atoms with Crippen LogP contribution in [0, 0.1) is 11.8 Å². The molecular formula is C15H21N5. The van der Waals surface area contributed by atoms with Crippen LogP contribution in [0.1, 0.15) is 19.3 Å². The predicted molar refractivity (Wildman–Crippen MR) is 79.8 cm³/mol. The first kappa shape index (κ1) is 12.1. The average molecular weight is 271 g/mol. The van der Waals surface area contributed by atoms with Gasteiger partial charge in [0.15, 0.2) is 0 Å². The van der Waals surface area contributed by atoms with Gasteiger partial charge in [-0.1, -0.05) is 0 Å². The maximum atomic E-state index is 4.52. The van der Waals surface area contributed by atoms with E-state index in [4.69, 9.17) is 0 Å². The van der Waals surface area contributed by atoms with Crippen molar-refractivity contribution >= 4 is 16.9 Å². The Morgan fingerprint density at radius 2 is 2.15 bits per heavy atom. The van der Waals surface area contributed by atoms with Gasteiger partial charge in [0.05, 0.1) is 5.39 Å². The van der Waals surface area contributed by atoms with E-state index in [0.717, 1.165) is 28.7 Å². The lowest BCUT2D eigenvalue weighted by Gasteiger charge is -2.26. The van der Waals surface area contributed by atoms with Gasteiger partial charge in [-0.2, -0.15) is 0 Å². The van der Waals surface area contributed by atoms with Crippen molar-refractivity contribution in [1.82, 2.24) is 20.3 Å². The lowest BCUT2D eigenvalue weighted by atomic mass is 9.90. The van der Waals surface area contributed by atoms with Crippen LogP contribution in [0.3, 0.4) is 0 Å². The largest absolute Gasteiger partial charge is 0.356 e. The summed E-state index contributed by atoms with van der Waals surface area (Å²) < 4.78 is 0. The maximum Gasteiger partial charge on any atom is 0.142 e. The van der Waals surface area contributed by atoms with Crippen LogP contribution in [0.5, 0.6) is 0 Å². The fourth-order valence-electron chi connectivity index (χ4n) is 3.99. The SMILES string of the molecule is CN(c1ncnc2[nH]ccc12)C1CC2CCNC[C@@H]2C1. The average Bonchev–Trinajstić information content (AvgIpc) is 3.12. The number of anilines is 1. The van der Waals surface area contributed by atoms with Crippen molar-refractivity contribution < 1.29 is 0 Å². The van der Waals surface area contributed by atoms with Crippen LogP contribution in [0.25, 0.3) is 11.0 Å². The monoisotopic (exact) mass is 271 g/mol. The fraction of sp³-hybridized carbons (Fsp3) is 0.600. The van der Waals surface area contributed by atoms with Crippen molar-refractivity contribution in [3.05, 3.63) is 18.6 Å². The fourth-order valence-corrected chi connectivity index (χ4v) is 3.99. The Bertz CT molecular complexity index is 593. The van der Waals surface area contributed by atoms with Gasteiger partial charge in [-0.3, -0.25) is 0 Å². The Labute approximate surface area is 118 Å². The molecular weight excluding hydrogens is 250 g/mol. The first-order valence-electron chi connectivity index (χ1n) is 7.54. The molecule has 4 rings (SSSR count). The van der Waals surface area contributed by atoms with Crippen molar-refractivity contribution in [3.8, 4) is 0 Å². The lowest BCUT2D eigenvalue weighted by molar-refractivity contribution is 0.295. The molecule has 3 atom stereocenters. The van der Waals surface area contributed by atoms with Gasteiger partial charge in [0.25, 0.3) is 0 Å². The van der Waals surface area contributed by atoms with Crippen molar-refractivity contribution in [3.63, 3.8) is 0 Å². The van der Waals surface area contributed by atoms with Gasteiger partial charge in [-0.05, 0) is 50.3 Å². The molecule has 0 radical (unpaired) electrons. The van der Waals surface area contributed by atoms with Crippen molar-refractivity contribution in [2.75, 3.05) is 25.0 Å². The van der Waals surface area contributed by atoms with Gasteiger partial charge >= 0.3 is 0 Å². The van der Waals surface area contributed by atoms with Crippen molar-refractivity contribution in [1.29, 1.82) is 0 Å². The Hall–Kier alpha value is -1.62. The molecule has 2 aliphatic rings. The highest BCUT2D eigenvalue weighted by atomic mass is 15.2. The van der Waals surface area contributed by atoms with Gasteiger partial charge in [-0.15, -0.1) is 0 Å². The minimum atomic E-state index is 0.609. The van der Waals surface area contributed by atoms with Crippen LogP contribution in [-0.2, 0) is 0 Å². The number of aromatic nitrogens is 3. The first-order chi connectivity index (χ1) is 9.83. The van der Waals surface area contributed by atoms with Crippen molar-refractivity contribution in [2.24, 2.45) is 11.8 Å². The van der Waals surface area contributed by atoms with E-state index in [0.29, 0.717) is 6.04 Å². The van der Waals surface area contributed by atoms with Crippen LogP contribution < -0.4 is 10.2 Å². The molecule has 1 aliphatic carbocycles. The Morgan fingerprint density at radius 1 is 1.25 bits per heavy atom. The minimum Gasteiger partial charge on any atom is -0.356 e. The number of piperidine rings is 1. The van der Waals surface area contributed by atoms with Crippen LogP contribution in [0.2, 0.25) is 0 Å². The number of H-pyrrole nitrogens is 1. The molecule has 1 saturated heterocycles. The molecule has 1 saturated carbocycles. The molecule has 20 heavy (non-hydrogen) atoms. The zero-order chi connectivity index (χ0) is 13.5. The molecule has 5 heteroatoms. The Morgan fingerprint density at radius 3 is 3.05 bits per heavy atom. The van der Waals surface area contributed by atoms with E-state index in [9.17, 15) is 0 Å². The number of fused-ring (bicyclic) bond motifs is 2. The molecule has 1 aliphatic heterocycles. The van der Waals surface area contributed by atoms with E-state index in [1.54, 1.807) is 6.33 Å². The number of hydrogen-bond donors (Lipinski definition) is 2. The second-order valence-corrected chi connectivity index (χ2v) is 6.19. The molecule has 2 unspecified atom stereocenters. The van der Waals surface area contributed by atoms with Gasteiger partial charge in [0.2, 0.25) is 0 Å². The van der Waals surface area contributed by atoms with E-state index in [2.05, 4.69) is 38.3 Å². The third-order valence-corrected chi connectivity index (χ3v) is 5.13. The van der Waals surface area contributed by atoms with Crippen LogP contribution >= 0.6 is 0 Å². The lowest BCUT2D eigenvalue weighted by Crippen LogP contribution is -2.33. The zero-order valence-electron chi connectivity index (χ0n) is 11.8. The van der Waals surface area contributed by atoms with E-state index in [-0.39, 0.29) is 0 Å². The molecule has 0 spiro atoms. The van der Waals surface area contributed by atoms with Crippen LogP contribution in [-0.4, -0.2) is 41.1 Å². The normalized spacial score (nSPS) is 29.6. The van der Waals surface area contributed by atoms with Crippen molar-refractivity contribution in [2.45, 2.75) is 25.3 Å². The summed E-state index contributed by atoms with van der Waals surface area (Å²) in [4.78, 5) is 14.3. The summed E-state index contributed by atoms with van der Waals surface area (Å²) in [7, 11) is 2.18. The highest BCUT2D eigenvalue weighted by molar-refractivity contribution is 5.87. The summed E-state index contributed by atoms with van der Waals surface area (Å²) in [6.07, 6.45) is 7.52. The van der Waals surface area contributed by atoms with Gasteiger partial charge < -0.3 is 15.2 Å². The summed E-state index contributed by atoms with van der Waals surface area (Å²) in [6.45, 7) is 2.38. The highest BCUT2D eigenvalue weighted by Crippen LogP contribution is 2.39. The highest BCUT2D eigenvalue weighted by Gasteiger charge is 2.37. The molecule has 2 fully saturated rings. The third kappa shape index (κ3) is 1.88. The van der Waals surface area contributed by atoms with E-state index >= 15 is 0 Å². The molecule has 0 amide bonds. The molecule has 106 valence electrons. The van der Waals surface area contributed by atoms with E-state index in [1.165, 1.54) is 32.4 Å². The smallest absolute Gasteiger partial charge is 0.142 e. The Kier molecular flexibility index (Phi) is 2.88. The summed E-state index contributed by atoms with van der Waals surface area (Å²) >= 11 is 0. The number of nitrogens with zero attached hydrogens (tertiary/aromatic N) is 3. The van der Waals surface area contributed by atoms with E-state index in [1.807, 2.05) is 6.20 Å². The van der Waals surface area contributed by atoms with Gasteiger partial charge in [0, 0.05) is 19.3 Å². The second-order valence-electron chi connectivity index (χ2n) is 6.19. The zero-order valence-corrected chi connectivity index (χ0v) is 11.8. The summed E-state index contributed by atoms with van der Waals surface area (Å²) in [5.74, 6) is 2.81. The number of rotatable bonds is 2. The number of aromatic amines is 1. The van der Waals surface area contributed by atoms with Crippen LogP contribution in [0.4, 0.5) is 5.82 Å². The van der Waals surface area contributed by atoms with Gasteiger partial charge in [-0.25, -0.2) is 9.97 Å². The Balaban J connectivity index is 1.61. The molecule has 3 heterocycles. The van der Waals surface area contributed by atoms with E-state index < -0.39 is 0 Å². The standard InChI is InChI=1S/C15H21N5/c1-20(12-6-10-2-4-16-8-11(10)7-12)15-13-3-5-17-14(13)18-9-19-15/h3,5,9-12,16H,2,4,6-8H2,1H3,(H,17,18,19)/t10?,11-,12?/m0/s1. The number of hydrogen-bond acceptors (Lipinski definition) is 4. The molecule has 0 aromatic carbocycles. The number of nitrogens with one attached hydrogen (secondary N) is 2. The molecule has 2 aromatic rings. The molecule has 2 N–H and O–H groups in total. The van der Waals surface area contributed by atoms with Crippen LogP contribution in [0.15, 0.2) is 18.6 Å². The first-order valence-corrected chi connectivity index (χ1v) is 7.54. The second kappa shape index (κ2) is 4.74. The quantitative estimate of drug-likeness (QED) is 0.874. The summed E-state index contributed by atoms with van der Waals surface area (Å²) in [5, 5.41) is 4.66. The summed E-state index contributed by atoms with van der Waals surface area (Å²) in [6, 6.07) is 2.68. The molecule has 0 bridgehead atoms. The molecule has 2 aromatic heterocycles. The topological polar surface area (TPSA) is 56.8 Å². The molecule has 5 nitrogen and oxygen atoms in total. The third-order valence-electron chi connectivity index (χ3n) is 5.13.